The van der Waals surface area contributed by atoms with E-state index in [-0.39, 0.29) is 6.04 Å². The van der Waals surface area contributed by atoms with Gasteiger partial charge in [-0.05, 0) is 44.3 Å². The van der Waals surface area contributed by atoms with E-state index >= 15 is 0 Å². The minimum Gasteiger partial charge on any atom is -0.480 e. The zero-order valence-electron chi connectivity index (χ0n) is 9.82. The van der Waals surface area contributed by atoms with Crippen molar-refractivity contribution in [3.8, 4) is 0 Å². The first-order valence-corrected chi connectivity index (χ1v) is 7.51. The number of aliphatic carboxylic acids is 1. The number of hydrogen-bond donors (Lipinski definition) is 2. The van der Waals surface area contributed by atoms with Crippen LogP contribution in [0.3, 0.4) is 0 Å². The van der Waals surface area contributed by atoms with Crippen LogP contribution in [0.4, 0.5) is 0 Å². The van der Waals surface area contributed by atoms with Gasteiger partial charge in [-0.2, -0.15) is 11.8 Å². The highest BCUT2D eigenvalue weighted by atomic mass is 32.2. The lowest BCUT2D eigenvalue weighted by Gasteiger charge is -2.31. The molecule has 2 saturated carbocycles. The topological polar surface area (TPSA) is 49.3 Å². The van der Waals surface area contributed by atoms with E-state index in [0.717, 1.165) is 30.9 Å². The van der Waals surface area contributed by atoms with Crippen LogP contribution in [-0.2, 0) is 4.79 Å². The van der Waals surface area contributed by atoms with Crippen molar-refractivity contribution in [1.82, 2.24) is 5.32 Å². The van der Waals surface area contributed by atoms with Crippen LogP contribution in [0, 0.1) is 5.92 Å². The summed E-state index contributed by atoms with van der Waals surface area (Å²) in [6, 6.07) is 0.138. The van der Waals surface area contributed by atoms with Crippen LogP contribution in [0.5, 0.6) is 0 Å². The number of carboxylic acids is 1. The van der Waals surface area contributed by atoms with Crippen molar-refractivity contribution in [2.45, 2.75) is 55.9 Å². The average Bonchev–Trinajstić information content (AvgIpc) is 3.10. The third-order valence-electron chi connectivity index (χ3n) is 3.73. The van der Waals surface area contributed by atoms with Gasteiger partial charge in [0.2, 0.25) is 0 Å². The zero-order valence-corrected chi connectivity index (χ0v) is 10.6. The third-order valence-corrected chi connectivity index (χ3v) is 4.83. The van der Waals surface area contributed by atoms with Gasteiger partial charge in [-0.3, -0.25) is 4.79 Å². The second kappa shape index (κ2) is 5.41. The molecule has 0 bridgehead atoms. The maximum atomic E-state index is 11.1. The summed E-state index contributed by atoms with van der Waals surface area (Å²) in [5, 5.41) is 13.3. The molecule has 0 aliphatic heterocycles. The van der Waals surface area contributed by atoms with Gasteiger partial charge in [0, 0.05) is 11.3 Å². The Balaban J connectivity index is 1.84. The highest BCUT2D eigenvalue weighted by Gasteiger charge is 2.38. The Morgan fingerprint density at radius 2 is 2.12 bits per heavy atom. The van der Waals surface area contributed by atoms with Gasteiger partial charge >= 0.3 is 5.97 Å². The first-order chi connectivity index (χ1) is 7.70. The lowest BCUT2D eigenvalue weighted by molar-refractivity contribution is -0.140. The molecule has 2 fully saturated rings. The SMILES string of the molecule is CSC1CCCC(NC(C(=O)O)C2CC2)C1. The minimum absolute atomic E-state index is 0.286. The van der Waals surface area contributed by atoms with Crippen LogP contribution < -0.4 is 5.32 Å². The summed E-state index contributed by atoms with van der Waals surface area (Å²) in [5.41, 5.74) is 0. The molecule has 16 heavy (non-hydrogen) atoms. The van der Waals surface area contributed by atoms with Crippen molar-refractivity contribution >= 4 is 17.7 Å². The first kappa shape index (κ1) is 12.2. The van der Waals surface area contributed by atoms with Crippen molar-refractivity contribution in [2.75, 3.05) is 6.26 Å². The van der Waals surface area contributed by atoms with Gasteiger partial charge in [0.15, 0.2) is 0 Å². The Bertz CT molecular complexity index is 255. The molecule has 2 rings (SSSR count). The fraction of sp³-hybridized carbons (Fsp3) is 0.917. The summed E-state index contributed by atoms with van der Waals surface area (Å²) < 4.78 is 0. The number of nitrogens with one attached hydrogen (secondary N) is 1. The molecule has 0 radical (unpaired) electrons. The molecule has 4 heteroatoms. The molecular weight excluding hydrogens is 222 g/mol. The molecule has 0 aromatic heterocycles. The van der Waals surface area contributed by atoms with E-state index in [9.17, 15) is 4.79 Å². The van der Waals surface area contributed by atoms with E-state index < -0.39 is 5.97 Å². The quantitative estimate of drug-likeness (QED) is 0.776. The summed E-state index contributed by atoms with van der Waals surface area (Å²) in [4.78, 5) is 11.1. The Hall–Kier alpha value is -0.220. The van der Waals surface area contributed by atoms with Crippen molar-refractivity contribution < 1.29 is 9.90 Å². The van der Waals surface area contributed by atoms with Gasteiger partial charge < -0.3 is 10.4 Å². The first-order valence-electron chi connectivity index (χ1n) is 6.22. The smallest absolute Gasteiger partial charge is 0.320 e. The van der Waals surface area contributed by atoms with Crippen molar-refractivity contribution in [2.24, 2.45) is 5.92 Å². The molecule has 0 aromatic carbocycles. The zero-order chi connectivity index (χ0) is 11.5. The molecule has 92 valence electrons. The van der Waals surface area contributed by atoms with Crippen LogP contribution in [0.25, 0.3) is 0 Å². The van der Waals surface area contributed by atoms with Crippen LogP contribution in [0.2, 0.25) is 0 Å². The number of rotatable bonds is 5. The summed E-state index contributed by atoms with van der Waals surface area (Å²) in [6.45, 7) is 0. The maximum Gasteiger partial charge on any atom is 0.320 e. The summed E-state index contributed by atoms with van der Waals surface area (Å²) >= 11 is 1.92. The summed E-state index contributed by atoms with van der Waals surface area (Å²) in [6.07, 6.45) is 9.14. The van der Waals surface area contributed by atoms with Crippen molar-refractivity contribution in [3.05, 3.63) is 0 Å². The van der Waals surface area contributed by atoms with Gasteiger partial charge in [-0.25, -0.2) is 0 Å². The van der Waals surface area contributed by atoms with Crippen LogP contribution in [0.15, 0.2) is 0 Å². The molecule has 3 atom stereocenters. The van der Waals surface area contributed by atoms with E-state index in [1.54, 1.807) is 0 Å². The minimum atomic E-state index is -0.659. The molecule has 0 spiro atoms. The monoisotopic (exact) mass is 243 g/mol. The van der Waals surface area contributed by atoms with Gasteiger partial charge in [-0.1, -0.05) is 6.42 Å². The number of carboxylic acid groups (broad SMARTS) is 1. The Labute approximate surface area is 101 Å². The van der Waals surface area contributed by atoms with Crippen LogP contribution in [-0.4, -0.2) is 34.7 Å². The van der Waals surface area contributed by atoms with E-state index in [4.69, 9.17) is 5.11 Å². The fourth-order valence-corrected chi connectivity index (χ4v) is 3.43. The fourth-order valence-electron chi connectivity index (χ4n) is 2.60. The van der Waals surface area contributed by atoms with E-state index in [1.807, 2.05) is 11.8 Å². The highest BCUT2D eigenvalue weighted by molar-refractivity contribution is 7.99. The molecular formula is C12H21NO2S. The molecule has 2 N–H and O–H groups in total. The second-order valence-corrected chi connectivity index (χ2v) is 6.18. The highest BCUT2D eigenvalue weighted by Crippen LogP contribution is 2.34. The van der Waals surface area contributed by atoms with Crippen molar-refractivity contribution in [1.29, 1.82) is 0 Å². The molecule has 0 heterocycles. The number of carbonyl (C=O) groups is 1. The average molecular weight is 243 g/mol. The molecule has 3 nitrogen and oxygen atoms in total. The van der Waals surface area contributed by atoms with Gasteiger partial charge in [-0.15, -0.1) is 0 Å². The predicted octanol–water partition coefficient (Wildman–Crippen LogP) is 2.11. The predicted molar refractivity (Wildman–Crippen MR) is 66.8 cm³/mol. The molecule has 0 amide bonds. The van der Waals surface area contributed by atoms with Gasteiger partial charge in [0.05, 0.1) is 0 Å². The molecule has 3 unspecified atom stereocenters. The Morgan fingerprint density at radius 1 is 1.38 bits per heavy atom. The standard InChI is InChI=1S/C12H21NO2S/c1-16-10-4-2-3-9(7-10)13-11(12(14)15)8-5-6-8/h8-11,13H,2-7H2,1H3,(H,14,15). The summed E-state index contributed by atoms with van der Waals surface area (Å²) in [5.74, 6) is -0.263. The van der Waals surface area contributed by atoms with Gasteiger partial charge in [0.25, 0.3) is 0 Å². The van der Waals surface area contributed by atoms with E-state index in [1.165, 1.54) is 12.8 Å². The molecule has 0 saturated heterocycles. The summed E-state index contributed by atoms with van der Waals surface area (Å²) in [7, 11) is 0. The second-order valence-electron chi connectivity index (χ2n) is 5.04. The maximum absolute atomic E-state index is 11.1. The molecule has 2 aliphatic carbocycles. The Kier molecular flexibility index (Phi) is 4.14. The van der Waals surface area contributed by atoms with Gasteiger partial charge in [0.1, 0.15) is 6.04 Å². The Morgan fingerprint density at radius 3 is 2.69 bits per heavy atom. The lowest BCUT2D eigenvalue weighted by Crippen LogP contribution is -2.46. The van der Waals surface area contributed by atoms with E-state index in [0.29, 0.717) is 12.0 Å². The van der Waals surface area contributed by atoms with E-state index in [2.05, 4.69) is 11.6 Å². The normalized spacial score (nSPS) is 32.3. The van der Waals surface area contributed by atoms with Crippen LogP contribution in [0.1, 0.15) is 38.5 Å². The number of hydrogen-bond acceptors (Lipinski definition) is 3. The van der Waals surface area contributed by atoms with Crippen molar-refractivity contribution in [3.63, 3.8) is 0 Å². The largest absolute Gasteiger partial charge is 0.480 e. The molecule has 0 aromatic rings. The number of thioether (sulfide) groups is 1. The third kappa shape index (κ3) is 3.14. The lowest BCUT2D eigenvalue weighted by atomic mass is 9.94. The van der Waals surface area contributed by atoms with Crippen LogP contribution >= 0.6 is 11.8 Å². The molecule has 2 aliphatic rings.